The van der Waals surface area contributed by atoms with Crippen LogP contribution < -0.4 is 4.74 Å². The van der Waals surface area contributed by atoms with Crippen molar-refractivity contribution in [3.8, 4) is 5.75 Å². The summed E-state index contributed by atoms with van der Waals surface area (Å²) in [4.78, 5) is 15.4. The van der Waals surface area contributed by atoms with Crippen LogP contribution in [0.2, 0.25) is 10.2 Å². The highest BCUT2D eigenvalue weighted by Crippen LogP contribution is 2.35. The maximum Gasteiger partial charge on any atom is 0.341 e. The number of aliphatic carboxylic acids is 1. The molecule has 2 aromatic carbocycles. The van der Waals surface area contributed by atoms with Crippen LogP contribution in [-0.4, -0.2) is 22.7 Å². The van der Waals surface area contributed by atoms with Gasteiger partial charge in [0.15, 0.2) is 6.61 Å². The Kier molecular flexibility index (Phi) is 5.35. The number of rotatable bonds is 5. The second kappa shape index (κ2) is 7.52. The van der Waals surface area contributed by atoms with Crippen molar-refractivity contribution in [3.05, 3.63) is 68.8 Å². The van der Waals surface area contributed by atoms with Crippen molar-refractivity contribution in [2.75, 3.05) is 6.61 Å². The van der Waals surface area contributed by atoms with E-state index in [0.717, 1.165) is 27.6 Å². The molecule has 0 aliphatic carbocycles. The Morgan fingerprint density at radius 2 is 1.85 bits per heavy atom. The number of aromatic nitrogens is 1. The Morgan fingerprint density at radius 3 is 2.50 bits per heavy atom. The summed E-state index contributed by atoms with van der Waals surface area (Å²) in [6.45, 7) is 3.44. The maximum atomic E-state index is 10.9. The number of fused-ring (bicyclic) bond motifs is 1. The van der Waals surface area contributed by atoms with E-state index in [1.165, 1.54) is 0 Å². The molecule has 0 aliphatic heterocycles. The van der Waals surface area contributed by atoms with E-state index in [1.807, 2.05) is 50.2 Å². The summed E-state index contributed by atoms with van der Waals surface area (Å²) in [5, 5.41) is 10.8. The van der Waals surface area contributed by atoms with E-state index in [-0.39, 0.29) is 0 Å². The number of pyridine rings is 1. The summed E-state index contributed by atoms with van der Waals surface area (Å²) >= 11 is 12.4. The Labute approximate surface area is 161 Å². The van der Waals surface area contributed by atoms with Crippen LogP contribution in [0.25, 0.3) is 10.9 Å². The standard InChI is InChI=1S/C20H17Cl2NO3/c1-11-7-16-19(17(8-11)26-10-18(24)25)12(2)15(20(22)23-16)9-13-3-5-14(21)6-4-13/h3-8H,9-10H2,1-2H3,(H,24,25). The molecule has 3 rings (SSSR count). The lowest BCUT2D eigenvalue weighted by Gasteiger charge is -2.15. The SMILES string of the molecule is Cc1cc(OCC(=O)O)c2c(C)c(Cc3ccc(Cl)cc3)c(Cl)nc2c1. The summed E-state index contributed by atoms with van der Waals surface area (Å²) in [6.07, 6.45) is 0.594. The molecule has 6 heteroatoms. The van der Waals surface area contributed by atoms with Crippen molar-refractivity contribution in [2.45, 2.75) is 20.3 Å². The fraction of sp³-hybridized carbons (Fsp3) is 0.200. The summed E-state index contributed by atoms with van der Waals surface area (Å²) < 4.78 is 5.50. The molecule has 0 fully saturated rings. The number of hydrogen-bond donors (Lipinski definition) is 1. The molecular weight excluding hydrogens is 373 g/mol. The number of benzene rings is 2. The lowest BCUT2D eigenvalue weighted by Crippen LogP contribution is -2.10. The number of nitrogens with zero attached hydrogens (tertiary/aromatic N) is 1. The van der Waals surface area contributed by atoms with Crippen LogP contribution in [0.3, 0.4) is 0 Å². The minimum absolute atomic E-state index is 0.410. The maximum absolute atomic E-state index is 10.9. The van der Waals surface area contributed by atoms with Crippen LogP contribution in [0.5, 0.6) is 5.75 Å². The lowest BCUT2D eigenvalue weighted by molar-refractivity contribution is -0.139. The first kappa shape index (κ1) is 18.5. The zero-order valence-corrected chi connectivity index (χ0v) is 15.9. The molecule has 3 aromatic rings. The quantitative estimate of drug-likeness (QED) is 0.608. The number of carboxylic acid groups (broad SMARTS) is 1. The lowest BCUT2D eigenvalue weighted by atomic mass is 9.97. The van der Waals surface area contributed by atoms with Gasteiger partial charge < -0.3 is 9.84 Å². The molecule has 1 N–H and O–H groups in total. The molecule has 0 spiro atoms. The van der Waals surface area contributed by atoms with Crippen LogP contribution in [0.15, 0.2) is 36.4 Å². The van der Waals surface area contributed by atoms with E-state index < -0.39 is 12.6 Å². The Bertz CT molecular complexity index is 985. The van der Waals surface area contributed by atoms with Crippen molar-refractivity contribution in [3.63, 3.8) is 0 Å². The monoisotopic (exact) mass is 389 g/mol. The van der Waals surface area contributed by atoms with Gasteiger partial charge in [0.2, 0.25) is 0 Å². The van der Waals surface area contributed by atoms with E-state index in [2.05, 4.69) is 4.98 Å². The highest BCUT2D eigenvalue weighted by Gasteiger charge is 2.16. The van der Waals surface area contributed by atoms with Gasteiger partial charge in [-0.3, -0.25) is 0 Å². The third-order valence-electron chi connectivity index (χ3n) is 4.17. The van der Waals surface area contributed by atoms with Gasteiger partial charge in [0.05, 0.1) is 5.52 Å². The first-order valence-electron chi connectivity index (χ1n) is 8.03. The van der Waals surface area contributed by atoms with Gasteiger partial charge in [-0.25, -0.2) is 9.78 Å². The molecule has 0 unspecified atom stereocenters. The minimum Gasteiger partial charge on any atom is -0.481 e. The molecule has 134 valence electrons. The molecule has 0 aliphatic rings. The largest absolute Gasteiger partial charge is 0.481 e. The van der Waals surface area contributed by atoms with Crippen molar-refractivity contribution in [1.82, 2.24) is 4.98 Å². The molecule has 4 nitrogen and oxygen atoms in total. The van der Waals surface area contributed by atoms with Gasteiger partial charge in [-0.15, -0.1) is 0 Å². The van der Waals surface area contributed by atoms with Gasteiger partial charge in [-0.05, 0) is 60.4 Å². The van der Waals surface area contributed by atoms with E-state index in [4.69, 9.17) is 33.0 Å². The van der Waals surface area contributed by atoms with Crippen molar-refractivity contribution in [2.24, 2.45) is 0 Å². The summed E-state index contributed by atoms with van der Waals surface area (Å²) in [7, 11) is 0. The van der Waals surface area contributed by atoms with Crippen LogP contribution in [-0.2, 0) is 11.2 Å². The number of carboxylic acids is 1. The van der Waals surface area contributed by atoms with Crippen molar-refractivity contribution in [1.29, 1.82) is 0 Å². The fourth-order valence-electron chi connectivity index (χ4n) is 2.94. The molecule has 1 aromatic heterocycles. The third-order valence-corrected chi connectivity index (χ3v) is 4.73. The predicted octanol–water partition coefficient (Wildman–Crippen LogP) is 5.21. The molecule has 0 radical (unpaired) electrons. The van der Waals surface area contributed by atoms with Gasteiger partial charge in [0.1, 0.15) is 10.9 Å². The smallest absolute Gasteiger partial charge is 0.341 e. The predicted molar refractivity (Wildman–Crippen MR) is 104 cm³/mol. The van der Waals surface area contributed by atoms with Crippen molar-refractivity contribution >= 4 is 40.1 Å². The third kappa shape index (κ3) is 3.92. The van der Waals surface area contributed by atoms with E-state index >= 15 is 0 Å². The average molecular weight is 390 g/mol. The zero-order valence-electron chi connectivity index (χ0n) is 14.3. The van der Waals surface area contributed by atoms with E-state index in [9.17, 15) is 4.79 Å². The first-order chi connectivity index (χ1) is 12.3. The molecule has 0 saturated heterocycles. The first-order valence-corrected chi connectivity index (χ1v) is 8.79. The zero-order chi connectivity index (χ0) is 18.8. The van der Waals surface area contributed by atoms with Gasteiger partial charge in [0.25, 0.3) is 0 Å². The highest BCUT2D eigenvalue weighted by atomic mass is 35.5. The van der Waals surface area contributed by atoms with E-state index in [0.29, 0.717) is 27.9 Å². The van der Waals surface area contributed by atoms with E-state index in [1.54, 1.807) is 0 Å². The summed E-state index contributed by atoms with van der Waals surface area (Å²) in [6, 6.07) is 11.3. The minimum atomic E-state index is -1.03. The number of hydrogen-bond acceptors (Lipinski definition) is 3. The molecule has 0 bridgehead atoms. The van der Waals surface area contributed by atoms with Crippen molar-refractivity contribution < 1.29 is 14.6 Å². The average Bonchev–Trinajstić information content (AvgIpc) is 2.57. The number of ether oxygens (including phenoxy) is 1. The molecular formula is C20H17Cl2NO3. The summed E-state index contributed by atoms with van der Waals surface area (Å²) in [5.74, 6) is -0.526. The van der Waals surface area contributed by atoms with Gasteiger partial charge >= 0.3 is 5.97 Å². The van der Waals surface area contributed by atoms with Crippen LogP contribution in [0.1, 0.15) is 22.3 Å². The van der Waals surface area contributed by atoms with Crippen LogP contribution in [0, 0.1) is 13.8 Å². The molecule has 0 saturated carbocycles. The number of carbonyl (C=O) groups is 1. The van der Waals surface area contributed by atoms with Gasteiger partial charge in [-0.2, -0.15) is 0 Å². The van der Waals surface area contributed by atoms with Gasteiger partial charge in [-0.1, -0.05) is 35.3 Å². The van der Waals surface area contributed by atoms with Gasteiger partial charge in [0, 0.05) is 16.8 Å². The second-order valence-corrected chi connectivity index (χ2v) is 6.94. The van der Waals surface area contributed by atoms with Crippen LogP contribution >= 0.6 is 23.2 Å². The van der Waals surface area contributed by atoms with Crippen LogP contribution in [0.4, 0.5) is 0 Å². The number of aryl methyl sites for hydroxylation is 2. The fourth-order valence-corrected chi connectivity index (χ4v) is 3.37. The second-order valence-electron chi connectivity index (χ2n) is 6.15. The molecule has 0 amide bonds. The Hall–Kier alpha value is -2.30. The molecule has 0 atom stereocenters. The molecule has 26 heavy (non-hydrogen) atoms. The Balaban J connectivity index is 2.12. The molecule has 1 heterocycles. The highest BCUT2D eigenvalue weighted by molar-refractivity contribution is 6.31. The summed E-state index contributed by atoms with van der Waals surface area (Å²) in [5.41, 5.74) is 4.47. The topological polar surface area (TPSA) is 59.4 Å². The Morgan fingerprint density at radius 1 is 1.15 bits per heavy atom. The number of halogens is 2. The normalized spacial score (nSPS) is 10.9.